The average Bonchev–Trinajstić information content (AvgIpc) is 2.72. The van der Waals surface area contributed by atoms with Crippen LogP contribution in [0.2, 0.25) is 0 Å². The second-order valence-corrected chi connectivity index (χ2v) is 5.69. The van der Waals surface area contributed by atoms with Gasteiger partial charge in [0.1, 0.15) is 5.01 Å². The van der Waals surface area contributed by atoms with Crippen LogP contribution in [-0.4, -0.2) is 23.8 Å². The van der Waals surface area contributed by atoms with Crippen LogP contribution in [0.4, 0.5) is 13.2 Å². The third-order valence-corrected chi connectivity index (χ3v) is 3.27. The van der Waals surface area contributed by atoms with Crippen molar-refractivity contribution in [1.29, 1.82) is 0 Å². The molecule has 0 bridgehead atoms. The molecule has 1 heterocycles. The number of halogens is 3. The van der Waals surface area contributed by atoms with E-state index in [0.717, 1.165) is 18.5 Å². The number of aromatic nitrogens is 1. The molecule has 1 rings (SSSR count). The van der Waals surface area contributed by atoms with E-state index in [-0.39, 0.29) is 6.61 Å². The molecular weight excluding hydrogens is 277 g/mol. The second-order valence-electron chi connectivity index (χ2n) is 4.75. The third kappa shape index (κ3) is 6.35. The second kappa shape index (κ2) is 7.21. The summed E-state index contributed by atoms with van der Waals surface area (Å²) in [7, 11) is 0. The van der Waals surface area contributed by atoms with Gasteiger partial charge in [-0.2, -0.15) is 13.2 Å². The van der Waals surface area contributed by atoms with Gasteiger partial charge in [-0.15, -0.1) is 11.3 Å². The van der Waals surface area contributed by atoms with Gasteiger partial charge in [0.05, 0.1) is 12.3 Å². The van der Waals surface area contributed by atoms with E-state index in [2.05, 4.69) is 24.1 Å². The number of alkyl halides is 3. The van der Waals surface area contributed by atoms with Crippen LogP contribution >= 0.6 is 11.3 Å². The molecule has 0 radical (unpaired) electrons. The molecule has 0 saturated heterocycles. The predicted octanol–water partition coefficient (Wildman–Crippen LogP) is 3.36. The van der Waals surface area contributed by atoms with Crippen molar-refractivity contribution in [3.8, 4) is 0 Å². The Balaban J connectivity index is 2.34. The summed E-state index contributed by atoms with van der Waals surface area (Å²) in [5.74, 6) is 0.551. The Bertz CT molecular complexity index is 379. The van der Waals surface area contributed by atoms with Crippen LogP contribution < -0.4 is 5.32 Å². The number of hydrogen-bond donors (Lipinski definition) is 1. The molecule has 1 unspecified atom stereocenters. The summed E-state index contributed by atoms with van der Waals surface area (Å²) in [5.41, 5.74) is 0.544. The first-order valence-corrected chi connectivity index (χ1v) is 6.99. The minimum Gasteiger partial charge on any atom is -0.363 e. The molecule has 0 aliphatic carbocycles. The molecule has 1 aromatic rings. The fraction of sp³-hybridized carbons (Fsp3) is 0.750. The van der Waals surface area contributed by atoms with Crippen molar-refractivity contribution < 1.29 is 17.9 Å². The van der Waals surface area contributed by atoms with E-state index in [1.165, 1.54) is 11.3 Å². The Hall–Kier alpha value is -0.660. The topological polar surface area (TPSA) is 34.2 Å². The minimum absolute atomic E-state index is 0.110. The molecule has 1 N–H and O–H groups in total. The predicted molar refractivity (Wildman–Crippen MR) is 69.0 cm³/mol. The number of rotatable bonds is 7. The normalized spacial score (nSPS) is 14.1. The Labute approximate surface area is 115 Å². The number of nitrogens with one attached hydrogen (secondary N) is 1. The van der Waals surface area contributed by atoms with Gasteiger partial charge in [-0.05, 0) is 19.4 Å². The van der Waals surface area contributed by atoms with Gasteiger partial charge in [-0.1, -0.05) is 13.8 Å². The summed E-state index contributed by atoms with van der Waals surface area (Å²) in [4.78, 5) is 4.22. The van der Waals surface area contributed by atoms with Crippen LogP contribution in [-0.2, 0) is 17.9 Å². The molecule has 0 fully saturated rings. The number of thiazole rings is 1. The van der Waals surface area contributed by atoms with Crippen molar-refractivity contribution in [3.63, 3.8) is 0 Å². The monoisotopic (exact) mass is 296 g/mol. The van der Waals surface area contributed by atoms with E-state index < -0.39 is 12.3 Å². The maximum absolute atomic E-state index is 12.2. The zero-order valence-corrected chi connectivity index (χ0v) is 12.1. The molecule has 3 nitrogen and oxygen atoms in total. The minimum atomic E-state index is -4.32. The van der Waals surface area contributed by atoms with E-state index in [1.807, 2.05) is 0 Å². The van der Waals surface area contributed by atoms with Crippen molar-refractivity contribution in [3.05, 3.63) is 16.1 Å². The molecule has 7 heteroatoms. The Morgan fingerprint density at radius 3 is 2.63 bits per heavy atom. The van der Waals surface area contributed by atoms with Gasteiger partial charge < -0.3 is 10.1 Å². The molecular formula is C12H19F3N2OS. The molecule has 0 saturated carbocycles. The SMILES string of the molecule is CC(C)CNCc1nc(COC(C)C(F)(F)F)cs1. The van der Waals surface area contributed by atoms with Crippen molar-refractivity contribution >= 4 is 11.3 Å². The highest BCUT2D eigenvalue weighted by Gasteiger charge is 2.36. The maximum Gasteiger partial charge on any atom is 0.414 e. The number of ether oxygens (including phenoxy) is 1. The average molecular weight is 296 g/mol. The Morgan fingerprint density at radius 1 is 1.37 bits per heavy atom. The van der Waals surface area contributed by atoms with E-state index in [0.29, 0.717) is 18.2 Å². The standard InChI is InChI=1S/C12H19F3N2OS/c1-8(2)4-16-5-11-17-10(7-19-11)6-18-9(3)12(13,14)15/h7-9,16H,4-6H2,1-3H3. The molecule has 0 aromatic carbocycles. The highest BCUT2D eigenvalue weighted by Crippen LogP contribution is 2.23. The molecule has 0 aliphatic rings. The van der Waals surface area contributed by atoms with Crippen molar-refractivity contribution in [2.24, 2.45) is 5.92 Å². The summed E-state index contributed by atoms with van der Waals surface area (Å²) >= 11 is 1.43. The van der Waals surface area contributed by atoms with Crippen molar-refractivity contribution in [1.82, 2.24) is 10.3 Å². The van der Waals surface area contributed by atoms with Gasteiger partial charge in [0.15, 0.2) is 6.10 Å². The molecule has 19 heavy (non-hydrogen) atoms. The van der Waals surface area contributed by atoms with E-state index in [9.17, 15) is 13.2 Å². The van der Waals surface area contributed by atoms with Gasteiger partial charge in [-0.3, -0.25) is 0 Å². The van der Waals surface area contributed by atoms with Crippen LogP contribution in [0.5, 0.6) is 0 Å². The number of hydrogen-bond acceptors (Lipinski definition) is 4. The summed E-state index contributed by atoms with van der Waals surface area (Å²) in [6.45, 7) is 6.62. The largest absolute Gasteiger partial charge is 0.414 e. The van der Waals surface area contributed by atoms with Gasteiger partial charge >= 0.3 is 6.18 Å². The first kappa shape index (κ1) is 16.4. The maximum atomic E-state index is 12.2. The number of nitrogens with zero attached hydrogens (tertiary/aromatic N) is 1. The first-order chi connectivity index (χ1) is 8.79. The molecule has 0 spiro atoms. The van der Waals surface area contributed by atoms with Gasteiger partial charge in [0.2, 0.25) is 0 Å². The zero-order chi connectivity index (χ0) is 14.5. The highest BCUT2D eigenvalue weighted by atomic mass is 32.1. The van der Waals surface area contributed by atoms with Crippen LogP contribution in [0.1, 0.15) is 31.5 Å². The first-order valence-electron chi connectivity index (χ1n) is 6.11. The molecule has 0 aliphatic heterocycles. The fourth-order valence-electron chi connectivity index (χ4n) is 1.27. The van der Waals surface area contributed by atoms with Crippen LogP contribution in [0.15, 0.2) is 5.38 Å². The van der Waals surface area contributed by atoms with Gasteiger partial charge in [0, 0.05) is 11.9 Å². The lowest BCUT2D eigenvalue weighted by atomic mass is 10.2. The van der Waals surface area contributed by atoms with Crippen LogP contribution in [0.3, 0.4) is 0 Å². The van der Waals surface area contributed by atoms with Crippen LogP contribution in [0, 0.1) is 5.92 Å². The quantitative estimate of drug-likeness (QED) is 0.838. The van der Waals surface area contributed by atoms with Crippen LogP contribution in [0.25, 0.3) is 0 Å². The fourth-order valence-corrected chi connectivity index (χ4v) is 2.02. The Kier molecular flexibility index (Phi) is 6.22. The lowest BCUT2D eigenvalue weighted by molar-refractivity contribution is -0.217. The third-order valence-electron chi connectivity index (χ3n) is 2.37. The summed E-state index contributed by atoms with van der Waals surface area (Å²) < 4.78 is 41.5. The van der Waals surface area contributed by atoms with Crippen molar-refractivity contribution in [2.75, 3.05) is 6.54 Å². The zero-order valence-electron chi connectivity index (χ0n) is 11.3. The summed E-state index contributed by atoms with van der Waals surface area (Å²) in [6, 6.07) is 0. The molecule has 1 atom stereocenters. The summed E-state index contributed by atoms with van der Waals surface area (Å²) in [5, 5.41) is 5.82. The molecule has 1 aromatic heterocycles. The van der Waals surface area contributed by atoms with E-state index in [4.69, 9.17) is 4.74 Å². The molecule has 0 amide bonds. The lowest BCUT2D eigenvalue weighted by Crippen LogP contribution is -2.28. The lowest BCUT2D eigenvalue weighted by Gasteiger charge is -2.15. The van der Waals surface area contributed by atoms with E-state index >= 15 is 0 Å². The summed E-state index contributed by atoms with van der Waals surface area (Å²) in [6.07, 6.45) is -6.09. The van der Waals surface area contributed by atoms with Gasteiger partial charge in [0.25, 0.3) is 0 Å². The van der Waals surface area contributed by atoms with E-state index in [1.54, 1.807) is 5.38 Å². The Morgan fingerprint density at radius 2 is 2.05 bits per heavy atom. The highest BCUT2D eigenvalue weighted by molar-refractivity contribution is 7.09. The smallest absolute Gasteiger partial charge is 0.363 e. The van der Waals surface area contributed by atoms with Gasteiger partial charge in [-0.25, -0.2) is 4.98 Å². The molecule has 110 valence electrons. The van der Waals surface area contributed by atoms with Crippen molar-refractivity contribution in [2.45, 2.75) is 46.2 Å².